The lowest BCUT2D eigenvalue weighted by Crippen LogP contribution is -2.24. The summed E-state index contributed by atoms with van der Waals surface area (Å²) in [6, 6.07) is 11.2. The number of nitrogens with one attached hydrogen (secondary N) is 1. The van der Waals surface area contributed by atoms with E-state index in [1.807, 2.05) is 30.3 Å². The minimum atomic E-state index is -0.585. The maximum atomic E-state index is 13.1. The third kappa shape index (κ3) is 2.52. The van der Waals surface area contributed by atoms with E-state index in [9.17, 15) is 14.4 Å². The average molecular weight is 362 g/mol. The molecule has 0 aliphatic heterocycles. The number of rotatable bonds is 4. The molecule has 6 heteroatoms. The highest BCUT2D eigenvalue weighted by atomic mass is 16.5. The molecule has 1 N–H and O–H groups in total. The summed E-state index contributed by atoms with van der Waals surface area (Å²) in [6.07, 6.45) is 1.56. The van der Waals surface area contributed by atoms with E-state index in [2.05, 4.69) is 4.98 Å². The number of carbonyl (C=O) groups is 3. The fourth-order valence-corrected chi connectivity index (χ4v) is 3.61. The lowest BCUT2D eigenvalue weighted by atomic mass is 9.90. The zero-order valence-electron chi connectivity index (χ0n) is 15.0. The average Bonchev–Trinajstić information content (AvgIpc) is 3.25. The van der Waals surface area contributed by atoms with Crippen LogP contribution in [0.1, 0.15) is 60.6 Å². The van der Waals surface area contributed by atoms with E-state index in [4.69, 9.17) is 4.74 Å². The standard InChI is InChI=1S/C21H18N2O4/c1-3-27-21(26)15-12(2)23(11-13-7-5-4-6-8-13)18-16(15)19(24)14-9-10-22-17(14)20(18)25/h4-10,22H,3,11H2,1-2H3. The molecule has 4 rings (SSSR count). The van der Waals surface area contributed by atoms with Crippen molar-refractivity contribution in [1.82, 2.24) is 9.55 Å². The van der Waals surface area contributed by atoms with Crippen LogP contribution in [0.2, 0.25) is 0 Å². The second kappa shape index (κ2) is 6.39. The topological polar surface area (TPSA) is 81.2 Å². The van der Waals surface area contributed by atoms with Crippen molar-refractivity contribution < 1.29 is 19.1 Å². The highest BCUT2D eigenvalue weighted by molar-refractivity contribution is 6.30. The number of benzene rings is 1. The lowest BCUT2D eigenvalue weighted by molar-refractivity contribution is 0.0522. The number of nitrogens with zero attached hydrogens (tertiary/aromatic N) is 1. The van der Waals surface area contributed by atoms with E-state index in [1.165, 1.54) is 0 Å². The van der Waals surface area contributed by atoms with Crippen molar-refractivity contribution in [1.29, 1.82) is 0 Å². The van der Waals surface area contributed by atoms with Crippen molar-refractivity contribution in [2.24, 2.45) is 0 Å². The number of hydrogen-bond acceptors (Lipinski definition) is 4. The van der Waals surface area contributed by atoms with Gasteiger partial charge in [-0.05, 0) is 25.5 Å². The SMILES string of the molecule is CCOC(=O)c1c2c(n(Cc3ccccc3)c1C)C(=O)c1[nH]ccc1C2=O. The van der Waals surface area contributed by atoms with Crippen LogP contribution in [0.3, 0.4) is 0 Å². The Balaban J connectivity index is 1.96. The van der Waals surface area contributed by atoms with E-state index >= 15 is 0 Å². The van der Waals surface area contributed by atoms with Gasteiger partial charge in [0, 0.05) is 18.4 Å². The predicted octanol–water partition coefficient (Wildman–Crippen LogP) is 3.13. The highest BCUT2D eigenvalue weighted by Gasteiger charge is 2.40. The van der Waals surface area contributed by atoms with Gasteiger partial charge in [-0.15, -0.1) is 0 Å². The minimum Gasteiger partial charge on any atom is -0.462 e. The molecule has 136 valence electrons. The normalized spacial score (nSPS) is 12.7. The van der Waals surface area contributed by atoms with E-state index in [0.29, 0.717) is 12.2 Å². The van der Waals surface area contributed by atoms with Crippen LogP contribution >= 0.6 is 0 Å². The Morgan fingerprint density at radius 3 is 2.56 bits per heavy atom. The van der Waals surface area contributed by atoms with E-state index < -0.39 is 5.97 Å². The molecule has 2 heterocycles. The smallest absolute Gasteiger partial charge is 0.340 e. The van der Waals surface area contributed by atoms with Gasteiger partial charge in [0.1, 0.15) is 5.69 Å². The molecule has 1 aromatic carbocycles. The molecule has 1 aliphatic carbocycles. The molecular formula is C21H18N2O4. The zero-order valence-corrected chi connectivity index (χ0v) is 15.0. The van der Waals surface area contributed by atoms with Crippen LogP contribution in [0.4, 0.5) is 0 Å². The number of hydrogen-bond donors (Lipinski definition) is 1. The van der Waals surface area contributed by atoms with Gasteiger partial charge in [0.25, 0.3) is 0 Å². The summed E-state index contributed by atoms with van der Waals surface area (Å²) in [5, 5.41) is 0. The Labute approximate surface area is 155 Å². The van der Waals surface area contributed by atoms with E-state index in [1.54, 1.807) is 30.7 Å². The van der Waals surface area contributed by atoms with Gasteiger partial charge >= 0.3 is 5.97 Å². The molecule has 0 radical (unpaired) electrons. The van der Waals surface area contributed by atoms with Gasteiger partial charge in [0.15, 0.2) is 5.78 Å². The van der Waals surface area contributed by atoms with Crippen molar-refractivity contribution in [3.05, 3.63) is 81.9 Å². The fourth-order valence-electron chi connectivity index (χ4n) is 3.61. The summed E-state index contributed by atoms with van der Waals surface area (Å²) in [5.74, 6) is -1.21. The van der Waals surface area contributed by atoms with Crippen molar-refractivity contribution >= 4 is 17.5 Å². The van der Waals surface area contributed by atoms with Gasteiger partial charge in [-0.1, -0.05) is 30.3 Å². The van der Waals surface area contributed by atoms with Gasteiger partial charge in [0.05, 0.1) is 29.0 Å². The highest BCUT2D eigenvalue weighted by Crippen LogP contribution is 2.34. The third-order valence-corrected chi connectivity index (χ3v) is 4.85. The molecule has 0 fully saturated rings. The second-order valence-electron chi connectivity index (χ2n) is 6.40. The van der Waals surface area contributed by atoms with E-state index in [-0.39, 0.29) is 46.3 Å². The summed E-state index contributed by atoms with van der Waals surface area (Å²) in [4.78, 5) is 41.6. The van der Waals surface area contributed by atoms with Gasteiger partial charge in [-0.25, -0.2) is 4.79 Å². The van der Waals surface area contributed by atoms with Crippen molar-refractivity contribution in [3.63, 3.8) is 0 Å². The summed E-state index contributed by atoms with van der Waals surface area (Å²) >= 11 is 0. The molecule has 0 atom stereocenters. The molecule has 0 amide bonds. The first-order chi connectivity index (χ1) is 13.0. The molecule has 0 saturated carbocycles. The third-order valence-electron chi connectivity index (χ3n) is 4.85. The molecule has 27 heavy (non-hydrogen) atoms. The van der Waals surface area contributed by atoms with Crippen LogP contribution < -0.4 is 0 Å². The monoisotopic (exact) mass is 362 g/mol. The lowest BCUT2D eigenvalue weighted by Gasteiger charge is -2.15. The Morgan fingerprint density at radius 2 is 1.85 bits per heavy atom. The van der Waals surface area contributed by atoms with E-state index in [0.717, 1.165) is 5.56 Å². The molecule has 6 nitrogen and oxygen atoms in total. The first-order valence-corrected chi connectivity index (χ1v) is 8.75. The number of ketones is 2. The minimum absolute atomic E-state index is 0.138. The van der Waals surface area contributed by atoms with Gasteiger partial charge in [0.2, 0.25) is 5.78 Å². The number of carbonyl (C=O) groups excluding carboxylic acids is 3. The number of aromatic nitrogens is 2. The van der Waals surface area contributed by atoms with Crippen molar-refractivity contribution in [2.75, 3.05) is 6.61 Å². The Morgan fingerprint density at radius 1 is 1.11 bits per heavy atom. The fraction of sp³-hybridized carbons (Fsp3) is 0.190. The molecule has 0 spiro atoms. The zero-order chi connectivity index (χ0) is 19.1. The number of ether oxygens (including phenoxy) is 1. The quantitative estimate of drug-likeness (QED) is 0.566. The Kier molecular flexibility index (Phi) is 4.03. The van der Waals surface area contributed by atoms with Crippen molar-refractivity contribution in [2.45, 2.75) is 20.4 Å². The van der Waals surface area contributed by atoms with Crippen molar-refractivity contribution in [3.8, 4) is 0 Å². The molecule has 2 aromatic heterocycles. The summed E-state index contributed by atoms with van der Waals surface area (Å²) in [5.41, 5.74) is 2.61. The number of H-pyrrole nitrogens is 1. The number of aromatic amines is 1. The largest absolute Gasteiger partial charge is 0.462 e. The molecule has 0 saturated heterocycles. The summed E-state index contributed by atoms with van der Waals surface area (Å²) < 4.78 is 6.90. The maximum absolute atomic E-state index is 13.1. The van der Waals surface area contributed by atoms with Crippen LogP contribution in [0, 0.1) is 6.92 Å². The van der Waals surface area contributed by atoms with Gasteiger partial charge in [-0.2, -0.15) is 0 Å². The predicted molar refractivity (Wildman–Crippen MR) is 98.3 cm³/mol. The molecule has 0 unspecified atom stereocenters. The van der Waals surface area contributed by atoms with Crippen LogP contribution in [0.15, 0.2) is 42.6 Å². The van der Waals surface area contributed by atoms with Crippen LogP contribution in [0.5, 0.6) is 0 Å². The Bertz CT molecular complexity index is 1070. The van der Waals surface area contributed by atoms with Gasteiger partial charge in [-0.3, -0.25) is 9.59 Å². The molecular weight excluding hydrogens is 344 g/mol. The van der Waals surface area contributed by atoms with Crippen LogP contribution in [-0.2, 0) is 11.3 Å². The first-order valence-electron chi connectivity index (χ1n) is 8.75. The van der Waals surface area contributed by atoms with Gasteiger partial charge < -0.3 is 14.3 Å². The molecule has 3 aromatic rings. The second-order valence-corrected chi connectivity index (χ2v) is 6.40. The van der Waals surface area contributed by atoms with Crippen LogP contribution in [-0.4, -0.2) is 33.7 Å². The van der Waals surface area contributed by atoms with Crippen LogP contribution in [0.25, 0.3) is 0 Å². The number of fused-ring (bicyclic) bond motifs is 2. The summed E-state index contributed by atoms with van der Waals surface area (Å²) in [6.45, 7) is 4.01. The Hall–Kier alpha value is -3.41. The number of esters is 1. The molecule has 0 bridgehead atoms. The first kappa shape index (κ1) is 17.0. The summed E-state index contributed by atoms with van der Waals surface area (Å²) in [7, 11) is 0. The maximum Gasteiger partial charge on any atom is 0.340 e. The molecule has 1 aliphatic rings.